The molecule has 0 amide bonds. The Morgan fingerprint density at radius 2 is 1.68 bits per heavy atom. The van der Waals surface area contributed by atoms with Gasteiger partial charge >= 0.3 is 0 Å². The fourth-order valence-electron chi connectivity index (χ4n) is 4.75. The van der Waals surface area contributed by atoms with Crippen LogP contribution in [0.25, 0.3) is 0 Å². The molecule has 0 radical (unpaired) electrons. The largest absolute Gasteiger partial charge is 0.304 e. The highest BCUT2D eigenvalue weighted by atomic mass is 19.2. The first-order valence-electron chi connectivity index (χ1n) is 11.7. The van der Waals surface area contributed by atoms with Crippen molar-refractivity contribution in [2.45, 2.75) is 73.4 Å². The van der Waals surface area contributed by atoms with Gasteiger partial charge in [-0.1, -0.05) is 46.4 Å². The third-order valence-electron chi connectivity index (χ3n) is 6.66. The van der Waals surface area contributed by atoms with Crippen LogP contribution in [-0.4, -0.2) is 47.6 Å². The lowest BCUT2D eigenvalue weighted by Crippen LogP contribution is -2.51. The van der Waals surface area contributed by atoms with E-state index in [2.05, 4.69) is 58.0 Å². The summed E-state index contributed by atoms with van der Waals surface area (Å²) in [6.45, 7) is 20.3. The summed E-state index contributed by atoms with van der Waals surface area (Å²) in [5, 5.41) is 4.10. The van der Waals surface area contributed by atoms with E-state index in [0.29, 0.717) is 23.5 Å². The number of hydrogen-bond donors (Lipinski definition) is 0. The van der Waals surface area contributed by atoms with Crippen LogP contribution >= 0.6 is 0 Å². The number of allylic oxidation sites excluding steroid dienone is 1. The summed E-state index contributed by atoms with van der Waals surface area (Å²) in [5.74, 6) is -1.04. The van der Waals surface area contributed by atoms with Gasteiger partial charge in [0.2, 0.25) is 0 Å². The van der Waals surface area contributed by atoms with Crippen molar-refractivity contribution < 1.29 is 8.78 Å². The second-order valence-corrected chi connectivity index (χ2v) is 9.12. The average molecular weight is 434 g/mol. The lowest BCUT2D eigenvalue weighted by molar-refractivity contribution is -0.0232. The molecule has 1 aliphatic heterocycles. The quantitative estimate of drug-likeness (QED) is 0.437. The molecule has 0 N–H and O–H groups in total. The maximum Gasteiger partial charge on any atom is 0.164 e. The highest BCUT2D eigenvalue weighted by Crippen LogP contribution is 2.34. The highest BCUT2D eigenvalue weighted by molar-refractivity contribution is 5.36. The fourth-order valence-corrected chi connectivity index (χ4v) is 4.75. The molecule has 1 aromatic carbocycles. The van der Waals surface area contributed by atoms with Gasteiger partial charge < -0.3 is 9.91 Å². The predicted molar refractivity (Wildman–Crippen MR) is 127 cm³/mol. The van der Waals surface area contributed by atoms with Crippen LogP contribution < -0.4 is 0 Å². The summed E-state index contributed by atoms with van der Waals surface area (Å²) in [5.41, 5.74) is 4.08. The number of hydrogen-bond acceptors (Lipinski definition) is 3. The van der Waals surface area contributed by atoms with Crippen LogP contribution in [0.3, 0.4) is 0 Å². The van der Waals surface area contributed by atoms with Crippen molar-refractivity contribution in [1.29, 1.82) is 0 Å². The minimum Gasteiger partial charge on any atom is -0.304 e. The fraction of sp³-hybridized carbons (Fsp3) is 0.615. The summed E-state index contributed by atoms with van der Waals surface area (Å²) in [6.07, 6.45) is 2.48. The predicted octanol–water partition coefficient (Wildman–Crippen LogP) is 6.17. The molecule has 0 saturated carbocycles. The molecule has 0 fully saturated rings. The van der Waals surface area contributed by atoms with Crippen molar-refractivity contribution >= 4 is 0 Å². The van der Waals surface area contributed by atoms with Crippen LogP contribution in [0.15, 0.2) is 35.6 Å². The van der Waals surface area contributed by atoms with E-state index in [4.69, 9.17) is 0 Å². The van der Waals surface area contributed by atoms with Crippen LogP contribution in [0.5, 0.6) is 0 Å². The summed E-state index contributed by atoms with van der Waals surface area (Å²) in [4.78, 5) is 2.35. The SMILES string of the molecule is C=C1C(C)=C(C)C(C(C)C)N(C)N1Cc1ccc(CCCN(CC)CCC)c(F)c1F. The second-order valence-electron chi connectivity index (χ2n) is 9.12. The number of nitrogens with zero attached hydrogens (tertiary/aromatic N) is 3. The molecule has 1 heterocycles. The highest BCUT2D eigenvalue weighted by Gasteiger charge is 2.33. The van der Waals surface area contributed by atoms with Crippen molar-refractivity contribution in [3.63, 3.8) is 0 Å². The molecular formula is C26H41F2N3. The minimum atomic E-state index is -0.732. The first kappa shape index (κ1) is 25.5. The zero-order valence-electron chi connectivity index (χ0n) is 20.6. The van der Waals surface area contributed by atoms with Crippen LogP contribution in [0.4, 0.5) is 8.78 Å². The minimum absolute atomic E-state index is 0.210. The zero-order valence-corrected chi connectivity index (χ0v) is 20.6. The maximum atomic E-state index is 15.0. The van der Waals surface area contributed by atoms with Crippen molar-refractivity contribution in [1.82, 2.24) is 14.9 Å². The van der Waals surface area contributed by atoms with E-state index in [-0.39, 0.29) is 12.6 Å². The smallest absolute Gasteiger partial charge is 0.164 e. The zero-order chi connectivity index (χ0) is 23.3. The van der Waals surface area contributed by atoms with Crippen LogP contribution in [0.2, 0.25) is 0 Å². The second kappa shape index (κ2) is 11.2. The third kappa shape index (κ3) is 5.75. The van der Waals surface area contributed by atoms with Crippen LogP contribution in [-0.2, 0) is 13.0 Å². The Kier molecular flexibility index (Phi) is 9.26. The number of halogens is 2. The maximum absolute atomic E-state index is 15.0. The van der Waals surface area contributed by atoms with Gasteiger partial charge in [-0.2, -0.15) is 0 Å². The van der Waals surface area contributed by atoms with Gasteiger partial charge in [0.05, 0.1) is 12.6 Å². The van der Waals surface area contributed by atoms with E-state index >= 15 is 4.39 Å². The molecule has 174 valence electrons. The van der Waals surface area contributed by atoms with E-state index in [9.17, 15) is 4.39 Å². The molecule has 1 atom stereocenters. The first-order valence-corrected chi connectivity index (χ1v) is 11.7. The molecule has 0 bridgehead atoms. The van der Waals surface area contributed by atoms with Gasteiger partial charge in [0.25, 0.3) is 0 Å². The molecule has 0 spiro atoms. The topological polar surface area (TPSA) is 9.72 Å². The van der Waals surface area contributed by atoms with Crippen molar-refractivity contribution in [2.75, 3.05) is 26.7 Å². The molecule has 31 heavy (non-hydrogen) atoms. The Labute approximate surface area is 188 Å². The number of hydrazine groups is 1. The lowest BCUT2D eigenvalue weighted by Gasteiger charge is -2.47. The van der Waals surface area contributed by atoms with E-state index < -0.39 is 11.6 Å². The van der Waals surface area contributed by atoms with E-state index in [0.717, 1.165) is 43.7 Å². The summed E-state index contributed by atoms with van der Waals surface area (Å²) < 4.78 is 29.9. The van der Waals surface area contributed by atoms with E-state index in [1.54, 1.807) is 12.1 Å². The summed E-state index contributed by atoms with van der Waals surface area (Å²) in [6, 6.07) is 3.70. The standard InChI is InChI=1S/C26H41F2N3/c1-9-15-30(10-2)16-11-12-22-13-14-23(25(28)24(22)27)17-31-21(7)19(5)20(6)26(18(3)4)29(31)8/h13-14,18,26H,7,9-12,15-17H2,1-6,8H3. The lowest BCUT2D eigenvalue weighted by atomic mass is 9.90. The summed E-state index contributed by atoms with van der Waals surface area (Å²) in [7, 11) is 2.00. The number of aryl methyl sites for hydroxylation is 1. The van der Waals surface area contributed by atoms with Gasteiger partial charge in [-0.15, -0.1) is 0 Å². The molecule has 0 saturated heterocycles. The Balaban J connectivity index is 2.16. The monoisotopic (exact) mass is 433 g/mol. The van der Waals surface area contributed by atoms with Gasteiger partial charge in [0.1, 0.15) is 0 Å². The molecule has 2 rings (SSSR count). The molecular weight excluding hydrogens is 392 g/mol. The van der Waals surface area contributed by atoms with Crippen molar-refractivity contribution in [3.05, 3.63) is 58.3 Å². The van der Waals surface area contributed by atoms with Crippen molar-refractivity contribution in [2.24, 2.45) is 5.92 Å². The number of rotatable bonds is 10. The summed E-state index contributed by atoms with van der Waals surface area (Å²) >= 11 is 0. The Morgan fingerprint density at radius 1 is 1.06 bits per heavy atom. The van der Waals surface area contributed by atoms with Gasteiger partial charge in [-0.3, -0.25) is 0 Å². The van der Waals surface area contributed by atoms with E-state index in [1.165, 1.54) is 5.57 Å². The van der Waals surface area contributed by atoms with Crippen molar-refractivity contribution in [3.8, 4) is 0 Å². The van der Waals surface area contributed by atoms with Gasteiger partial charge in [0.15, 0.2) is 11.6 Å². The van der Waals surface area contributed by atoms with Gasteiger partial charge in [-0.05, 0) is 75.4 Å². The number of likely N-dealkylation sites (N-methyl/N-ethyl adjacent to an activating group) is 1. The third-order valence-corrected chi connectivity index (χ3v) is 6.66. The molecule has 3 nitrogen and oxygen atoms in total. The van der Waals surface area contributed by atoms with Crippen LogP contribution in [0, 0.1) is 17.6 Å². The van der Waals surface area contributed by atoms with Gasteiger partial charge in [-0.25, -0.2) is 13.8 Å². The molecule has 1 unspecified atom stereocenters. The Hall–Kier alpha value is -1.72. The molecule has 0 aromatic heterocycles. The Morgan fingerprint density at radius 3 is 2.26 bits per heavy atom. The molecule has 1 aliphatic rings. The normalized spacial score (nSPS) is 18.1. The van der Waals surface area contributed by atoms with Gasteiger partial charge in [0, 0.05) is 18.3 Å². The first-order chi connectivity index (χ1) is 14.6. The van der Waals surface area contributed by atoms with E-state index in [1.807, 2.05) is 12.1 Å². The number of benzene rings is 1. The Bertz CT molecular complexity index is 800. The molecule has 0 aliphatic carbocycles. The molecule has 5 heteroatoms. The molecule has 1 aromatic rings. The average Bonchev–Trinajstić information content (AvgIpc) is 2.73. The van der Waals surface area contributed by atoms with Crippen LogP contribution in [0.1, 0.15) is 65.5 Å².